The van der Waals surface area contributed by atoms with Gasteiger partial charge in [0, 0.05) is 8.80 Å². The molecule has 0 saturated heterocycles. The van der Waals surface area contributed by atoms with Gasteiger partial charge in [0.2, 0.25) is 0 Å². The van der Waals surface area contributed by atoms with Gasteiger partial charge >= 0.3 is 21.7 Å². The van der Waals surface area contributed by atoms with E-state index in [1.807, 2.05) is 0 Å². The van der Waals surface area contributed by atoms with Crippen molar-refractivity contribution < 1.29 is 58.9 Å². The molecule has 5 heteroatoms. The summed E-state index contributed by atoms with van der Waals surface area (Å²) in [6, 6.07) is 14.2. The monoisotopic (exact) mass is 484 g/mol. The Morgan fingerprint density at radius 1 is 0.643 bits per heavy atom. The molecule has 0 aliphatic heterocycles. The summed E-state index contributed by atoms with van der Waals surface area (Å²) in [5, 5.41) is 4.73. The molecular formula is C23H27Cl3SiTi. The van der Waals surface area contributed by atoms with E-state index in [9.17, 15) is 0 Å². The zero-order chi connectivity index (χ0) is 17.4. The van der Waals surface area contributed by atoms with Crippen LogP contribution in [0.1, 0.15) is 42.5 Å². The fourth-order valence-electron chi connectivity index (χ4n) is 4.13. The van der Waals surface area contributed by atoms with Gasteiger partial charge in [0.15, 0.2) is 0 Å². The molecule has 0 saturated carbocycles. The third-order valence-electron chi connectivity index (χ3n) is 4.84. The summed E-state index contributed by atoms with van der Waals surface area (Å²) < 4.78 is 0. The smallest absolute Gasteiger partial charge is 1.00 e. The normalized spacial score (nSPS) is 12.5. The first-order chi connectivity index (χ1) is 11.3. The van der Waals surface area contributed by atoms with Crippen LogP contribution >= 0.6 is 0 Å². The molecule has 0 N–H and O–H groups in total. The SMILES string of the molecule is CC1=[C-]C(C)=C([SiH](c2cc(C)cc(C)c2)c2cc(C)cc(C)c2)C1.[Cl-].[Cl-].[Cl-].[Ti+4]. The van der Waals surface area contributed by atoms with Crippen LogP contribution in [0.5, 0.6) is 0 Å². The van der Waals surface area contributed by atoms with Gasteiger partial charge in [-0.2, -0.15) is 5.57 Å². The van der Waals surface area contributed by atoms with E-state index in [4.69, 9.17) is 0 Å². The molecule has 28 heavy (non-hydrogen) atoms. The molecule has 0 nitrogen and oxygen atoms in total. The molecule has 0 unspecified atom stereocenters. The average molecular weight is 486 g/mol. The van der Waals surface area contributed by atoms with Crippen molar-refractivity contribution >= 4 is 19.2 Å². The van der Waals surface area contributed by atoms with Gasteiger partial charge in [-0.1, -0.05) is 89.3 Å². The molecule has 0 bridgehead atoms. The van der Waals surface area contributed by atoms with Crippen molar-refractivity contribution in [3.05, 3.63) is 81.1 Å². The summed E-state index contributed by atoms with van der Waals surface area (Å²) in [7, 11) is -1.42. The zero-order valence-corrected chi connectivity index (χ0v) is 22.4. The van der Waals surface area contributed by atoms with Crippen molar-refractivity contribution in [2.75, 3.05) is 0 Å². The summed E-state index contributed by atoms with van der Waals surface area (Å²) in [5.41, 5.74) is 8.25. The molecule has 0 amide bonds. The second-order valence-electron chi connectivity index (χ2n) is 7.51. The van der Waals surface area contributed by atoms with Crippen LogP contribution in [0, 0.1) is 33.8 Å². The van der Waals surface area contributed by atoms with Gasteiger partial charge in [-0.15, -0.1) is 0 Å². The molecule has 148 valence electrons. The van der Waals surface area contributed by atoms with Crippen LogP contribution in [0.3, 0.4) is 0 Å². The van der Waals surface area contributed by atoms with Crippen LogP contribution in [0.2, 0.25) is 0 Å². The van der Waals surface area contributed by atoms with Gasteiger partial charge in [0.05, 0.1) is 0 Å². The molecule has 0 atom stereocenters. The maximum Gasteiger partial charge on any atom is 4.00 e. The standard InChI is InChI=1S/C23H27Si.3ClH.Ti/c1-15-7-16(2)11-21(10-15)24(23-14-19(5)9-20(23)6)22-12-17(3)8-18(4)13-22;;;;/h7-8,10-13,24H,14H2,1-6H3;3*1H;/q-1;;;;+4/p-3. The van der Waals surface area contributed by atoms with Crippen molar-refractivity contribution in [2.24, 2.45) is 0 Å². The first-order valence-electron chi connectivity index (χ1n) is 8.79. The van der Waals surface area contributed by atoms with Gasteiger partial charge in [-0.25, -0.2) is 16.8 Å². The summed E-state index contributed by atoms with van der Waals surface area (Å²) in [6.45, 7) is 13.3. The van der Waals surface area contributed by atoms with Gasteiger partial charge in [0.25, 0.3) is 0 Å². The average Bonchev–Trinajstić information content (AvgIpc) is 2.75. The Balaban J connectivity index is 0. The minimum Gasteiger partial charge on any atom is -1.00 e. The van der Waals surface area contributed by atoms with Gasteiger partial charge in [-0.05, 0) is 27.7 Å². The molecule has 0 spiro atoms. The summed E-state index contributed by atoms with van der Waals surface area (Å²) in [5.74, 6) is 0. The summed E-state index contributed by atoms with van der Waals surface area (Å²) in [6.07, 6.45) is 4.68. The second kappa shape index (κ2) is 12.4. The Bertz CT molecular complexity index is 780. The fraction of sp³-hybridized carbons (Fsp3) is 0.304. The number of hydrogen-bond acceptors (Lipinski definition) is 0. The van der Waals surface area contributed by atoms with E-state index in [0.29, 0.717) is 0 Å². The van der Waals surface area contributed by atoms with Crippen LogP contribution < -0.4 is 47.6 Å². The maximum atomic E-state index is 3.58. The molecule has 1 aliphatic rings. The van der Waals surface area contributed by atoms with Crippen molar-refractivity contribution in [1.29, 1.82) is 0 Å². The summed E-state index contributed by atoms with van der Waals surface area (Å²) in [4.78, 5) is 0. The largest absolute Gasteiger partial charge is 4.00 e. The number of aryl methyl sites for hydroxylation is 4. The predicted octanol–water partition coefficient (Wildman–Crippen LogP) is -4.72. The topological polar surface area (TPSA) is 0 Å². The zero-order valence-electron chi connectivity index (χ0n) is 17.4. The third-order valence-corrected chi connectivity index (χ3v) is 8.18. The summed E-state index contributed by atoms with van der Waals surface area (Å²) >= 11 is 0. The van der Waals surface area contributed by atoms with E-state index in [0.717, 1.165) is 6.42 Å². The quantitative estimate of drug-likeness (QED) is 0.303. The van der Waals surface area contributed by atoms with Crippen molar-refractivity contribution in [3.63, 3.8) is 0 Å². The van der Waals surface area contributed by atoms with Gasteiger partial charge < -0.3 is 37.2 Å². The first-order valence-corrected chi connectivity index (χ1v) is 10.5. The van der Waals surface area contributed by atoms with Crippen molar-refractivity contribution in [3.8, 4) is 0 Å². The van der Waals surface area contributed by atoms with Crippen molar-refractivity contribution in [2.45, 2.75) is 48.0 Å². The van der Waals surface area contributed by atoms with Crippen LogP contribution in [-0.4, -0.2) is 8.80 Å². The minimum atomic E-state index is -1.42. The second-order valence-corrected chi connectivity index (χ2v) is 10.4. The first kappa shape index (κ1) is 29.9. The Hall–Kier alpha value is -0.279. The van der Waals surface area contributed by atoms with Crippen LogP contribution in [0.15, 0.2) is 52.7 Å². The van der Waals surface area contributed by atoms with Crippen LogP contribution in [0.4, 0.5) is 0 Å². The van der Waals surface area contributed by atoms with Crippen LogP contribution in [0.25, 0.3) is 0 Å². The van der Waals surface area contributed by atoms with E-state index >= 15 is 0 Å². The Morgan fingerprint density at radius 3 is 1.29 bits per heavy atom. The third kappa shape index (κ3) is 6.90. The fourth-order valence-corrected chi connectivity index (χ4v) is 8.05. The molecule has 2 aromatic rings. The molecule has 0 heterocycles. The predicted molar refractivity (Wildman–Crippen MR) is 108 cm³/mol. The molecule has 0 fully saturated rings. The molecule has 1 aliphatic carbocycles. The Kier molecular flexibility index (Phi) is 13.3. The van der Waals surface area contributed by atoms with Gasteiger partial charge in [-0.3, -0.25) is 0 Å². The van der Waals surface area contributed by atoms with E-state index < -0.39 is 8.80 Å². The number of rotatable bonds is 3. The number of allylic oxidation sites excluding steroid dienone is 4. The minimum absolute atomic E-state index is 0. The number of halogens is 3. The van der Waals surface area contributed by atoms with E-state index in [2.05, 4.69) is 84.0 Å². The van der Waals surface area contributed by atoms with E-state index in [-0.39, 0.29) is 58.9 Å². The van der Waals surface area contributed by atoms with Crippen molar-refractivity contribution in [1.82, 2.24) is 0 Å². The molecular weight excluding hydrogens is 459 g/mol. The van der Waals surface area contributed by atoms with Crippen LogP contribution in [-0.2, 0) is 21.7 Å². The number of hydrogen-bond donors (Lipinski definition) is 0. The Morgan fingerprint density at radius 2 is 1.00 bits per heavy atom. The Labute approximate surface area is 206 Å². The molecule has 2 aromatic carbocycles. The molecule has 0 aromatic heterocycles. The van der Waals surface area contributed by atoms with E-state index in [1.165, 1.54) is 33.4 Å². The molecule has 3 rings (SSSR count). The number of benzene rings is 2. The van der Waals surface area contributed by atoms with E-state index in [1.54, 1.807) is 15.6 Å². The molecule has 0 radical (unpaired) electrons. The van der Waals surface area contributed by atoms with Gasteiger partial charge in [0.1, 0.15) is 0 Å². The maximum absolute atomic E-state index is 3.58.